The number of nitrogens with zero attached hydrogens (tertiary/aromatic N) is 3. The second-order valence-corrected chi connectivity index (χ2v) is 7.22. The molecule has 3 rings (SSSR count). The first-order valence-corrected chi connectivity index (χ1v) is 9.87. The SMILES string of the molecule is Cc1nc([N+](=O)[O-])cn1CCC(=O)NC(C)c1ccc(NC(=O)c2ccc(F)cc2)cc1. The molecule has 0 radical (unpaired) electrons. The normalized spacial score (nSPS) is 11.6. The number of nitrogens with one attached hydrogen (secondary N) is 2. The Balaban J connectivity index is 1.52. The van der Waals surface area contributed by atoms with Gasteiger partial charge in [0.05, 0.1) is 6.04 Å². The maximum absolute atomic E-state index is 13.0. The van der Waals surface area contributed by atoms with Crippen LogP contribution in [0.15, 0.2) is 54.7 Å². The predicted octanol–water partition coefficient (Wildman–Crippen LogP) is 3.76. The summed E-state index contributed by atoms with van der Waals surface area (Å²) in [4.78, 5) is 38.5. The molecule has 0 spiro atoms. The first kappa shape index (κ1) is 22.6. The Bertz CT molecular complexity index is 1130. The van der Waals surface area contributed by atoms with Crippen molar-refractivity contribution in [3.63, 3.8) is 0 Å². The molecule has 2 aromatic carbocycles. The molecule has 1 aromatic heterocycles. The van der Waals surface area contributed by atoms with Crippen molar-refractivity contribution < 1.29 is 18.9 Å². The standard InChI is InChI=1S/C22H22FN5O4/c1-14(24-21(29)11-12-27-13-20(28(31)32)25-15(27)2)16-5-9-19(10-6-16)26-22(30)17-3-7-18(23)8-4-17/h3-10,13-14H,11-12H2,1-2H3,(H,24,29)(H,26,30). The van der Waals surface area contributed by atoms with Gasteiger partial charge in [-0.15, -0.1) is 0 Å². The summed E-state index contributed by atoms with van der Waals surface area (Å²) in [6.07, 6.45) is 1.45. The smallest absolute Gasteiger partial charge is 0.358 e. The van der Waals surface area contributed by atoms with E-state index in [9.17, 15) is 24.1 Å². The summed E-state index contributed by atoms with van der Waals surface area (Å²) < 4.78 is 14.6. The number of anilines is 1. The lowest BCUT2D eigenvalue weighted by molar-refractivity contribution is -0.389. The summed E-state index contributed by atoms with van der Waals surface area (Å²) in [7, 11) is 0. The van der Waals surface area contributed by atoms with Gasteiger partial charge in [-0.3, -0.25) is 9.59 Å². The maximum atomic E-state index is 13.0. The maximum Gasteiger partial charge on any atom is 0.381 e. The van der Waals surface area contributed by atoms with Crippen LogP contribution < -0.4 is 10.6 Å². The van der Waals surface area contributed by atoms with Gasteiger partial charge in [0.25, 0.3) is 5.91 Å². The van der Waals surface area contributed by atoms with Crippen molar-refractivity contribution in [1.82, 2.24) is 14.9 Å². The molecule has 0 fully saturated rings. The quantitative estimate of drug-likeness (QED) is 0.409. The summed E-state index contributed by atoms with van der Waals surface area (Å²) in [6, 6.07) is 12.0. The lowest BCUT2D eigenvalue weighted by Crippen LogP contribution is -2.27. The van der Waals surface area contributed by atoms with Crippen molar-refractivity contribution in [3.05, 3.63) is 87.6 Å². The highest BCUT2D eigenvalue weighted by Gasteiger charge is 2.16. The molecule has 1 atom stereocenters. The van der Waals surface area contributed by atoms with Crippen molar-refractivity contribution in [1.29, 1.82) is 0 Å². The van der Waals surface area contributed by atoms with Gasteiger partial charge in [-0.05, 0) is 58.8 Å². The highest BCUT2D eigenvalue weighted by atomic mass is 19.1. The van der Waals surface area contributed by atoms with Gasteiger partial charge in [0, 0.05) is 31.1 Å². The van der Waals surface area contributed by atoms with Crippen LogP contribution in [0.1, 0.15) is 41.1 Å². The van der Waals surface area contributed by atoms with Crippen molar-refractivity contribution in [2.24, 2.45) is 0 Å². The zero-order chi connectivity index (χ0) is 23.3. The number of rotatable bonds is 8. The monoisotopic (exact) mass is 439 g/mol. The molecular formula is C22H22FN5O4. The van der Waals surface area contributed by atoms with Gasteiger partial charge in [0.1, 0.15) is 12.0 Å². The van der Waals surface area contributed by atoms with E-state index >= 15 is 0 Å². The molecule has 166 valence electrons. The highest BCUT2D eigenvalue weighted by molar-refractivity contribution is 6.04. The molecule has 2 N–H and O–H groups in total. The number of carbonyl (C=O) groups is 2. The van der Waals surface area contributed by atoms with Crippen molar-refractivity contribution >= 4 is 23.3 Å². The Hall–Kier alpha value is -4.08. The number of imidazole rings is 1. The fourth-order valence-electron chi connectivity index (χ4n) is 3.08. The van der Waals surface area contributed by atoms with E-state index in [1.54, 1.807) is 35.8 Å². The fourth-order valence-corrected chi connectivity index (χ4v) is 3.08. The van der Waals surface area contributed by atoms with Crippen LogP contribution in [-0.4, -0.2) is 26.3 Å². The zero-order valence-electron chi connectivity index (χ0n) is 17.5. The van der Waals surface area contributed by atoms with Crippen LogP contribution in [0.4, 0.5) is 15.9 Å². The van der Waals surface area contributed by atoms with Crippen LogP contribution in [-0.2, 0) is 11.3 Å². The van der Waals surface area contributed by atoms with E-state index < -0.39 is 10.7 Å². The lowest BCUT2D eigenvalue weighted by atomic mass is 10.1. The minimum absolute atomic E-state index is 0.143. The molecule has 0 aliphatic heterocycles. The van der Waals surface area contributed by atoms with E-state index in [1.165, 1.54) is 30.5 Å². The van der Waals surface area contributed by atoms with Crippen LogP contribution in [0.5, 0.6) is 0 Å². The molecular weight excluding hydrogens is 417 g/mol. The molecule has 0 aliphatic carbocycles. The van der Waals surface area contributed by atoms with Crippen molar-refractivity contribution in [3.8, 4) is 0 Å². The topological polar surface area (TPSA) is 119 Å². The molecule has 2 amide bonds. The molecule has 3 aromatic rings. The third-order valence-electron chi connectivity index (χ3n) is 4.88. The van der Waals surface area contributed by atoms with Gasteiger partial charge >= 0.3 is 5.82 Å². The van der Waals surface area contributed by atoms with E-state index in [-0.39, 0.29) is 36.6 Å². The molecule has 0 saturated carbocycles. The number of benzene rings is 2. The average Bonchev–Trinajstić information content (AvgIpc) is 3.14. The van der Waals surface area contributed by atoms with Crippen LogP contribution in [0.3, 0.4) is 0 Å². The molecule has 1 unspecified atom stereocenters. The number of carbonyl (C=O) groups excluding carboxylic acids is 2. The van der Waals surface area contributed by atoms with Crippen molar-refractivity contribution in [2.45, 2.75) is 32.9 Å². The molecule has 0 bridgehead atoms. The average molecular weight is 439 g/mol. The third-order valence-corrected chi connectivity index (χ3v) is 4.88. The van der Waals surface area contributed by atoms with E-state index in [0.29, 0.717) is 17.1 Å². The van der Waals surface area contributed by atoms with Crippen LogP contribution >= 0.6 is 0 Å². The van der Waals surface area contributed by atoms with Crippen LogP contribution in [0, 0.1) is 22.9 Å². The Morgan fingerprint density at radius 1 is 1.16 bits per heavy atom. The first-order valence-electron chi connectivity index (χ1n) is 9.87. The summed E-state index contributed by atoms with van der Waals surface area (Å²) in [6.45, 7) is 3.75. The molecule has 9 nitrogen and oxygen atoms in total. The molecule has 0 saturated heterocycles. The van der Waals surface area contributed by atoms with E-state index in [1.807, 2.05) is 6.92 Å². The molecule has 1 heterocycles. The van der Waals surface area contributed by atoms with Crippen LogP contribution in [0.2, 0.25) is 0 Å². The molecule has 32 heavy (non-hydrogen) atoms. The van der Waals surface area contributed by atoms with Gasteiger partial charge in [0.15, 0.2) is 0 Å². The van der Waals surface area contributed by atoms with Crippen molar-refractivity contribution in [2.75, 3.05) is 5.32 Å². The highest BCUT2D eigenvalue weighted by Crippen LogP contribution is 2.17. The Morgan fingerprint density at radius 3 is 2.41 bits per heavy atom. The molecule has 10 heteroatoms. The fraction of sp³-hybridized carbons (Fsp3) is 0.227. The van der Waals surface area contributed by atoms with Gasteiger partial charge in [-0.2, -0.15) is 0 Å². The van der Waals surface area contributed by atoms with Gasteiger partial charge < -0.3 is 25.3 Å². The Labute approximate surface area is 183 Å². The number of aromatic nitrogens is 2. The first-order chi connectivity index (χ1) is 15.2. The third kappa shape index (κ3) is 5.75. The second kappa shape index (κ2) is 9.82. The van der Waals surface area contributed by atoms with Gasteiger partial charge in [-0.1, -0.05) is 12.1 Å². The second-order valence-electron chi connectivity index (χ2n) is 7.22. The van der Waals surface area contributed by atoms with E-state index in [2.05, 4.69) is 15.6 Å². The summed E-state index contributed by atoms with van der Waals surface area (Å²) in [5.41, 5.74) is 1.75. The number of hydrogen-bond acceptors (Lipinski definition) is 5. The Morgan fingerprint density at radius 2 is 1.81 bits per heavy atom. The van der Waals surface area contributed by atoms with E-state index in [0.717, 1.165) is 5.56 Å². The number of hydrogen-bond donors (Lipinski definition) is 2. The summed E-state index contributed by atoms with van der Waals surface area (Å²) in [5, 5.41) is 16.4. The summed E-state index contributed by atoms with van der Waals surface area (Å²) >= 11 is 0. The number of nitro groups is 1. The largest absolute Gasteiger partial charge is 0.381 e. The van der Waals surface area contributed by atoms with Gasteiger partial charge in [-0.25, -0.2) is 4.39 Å². The predicted molar refractivity (Wildman–Crippen MR) is 116 cm³/mol. The minimum Gasteiger partial charge on any atom is -0.358 e. The lowest BCUT2D eigenvalue weighted by Gasteiger charge is -2.15. The number of amides is 2. The Kier molecular flexibility index (Phi) is 6.93. The van der Waals surface area contributed by atoms with Crippen LogP contribution in [0.25, 0.3) is 0 Å². The van der Waals surface area contributed by atoms with E-state index in [4.69, 9.17) is 0 Å². The molecule has 0 aliphatic rings. The number of aryl methyl sites for hydroxylation is 2. The summed E-state index contributed by atoms with van der Waals surface area (Å²) in [5.74, 6) is -0.752. The van der Waals surface area contributed by atoms with Gasteiger partial charge in [0.2, 0.25) is 11.7 Å². The minimum atomic E-state index is -0.572. The number of halogens is 1. The zero-order valence-corrected chi connectivity index (χ0v) is 17.5.